The Morgan fingerprint density at radius 3 is 2.18 bits per heavy atom. The topological polar surface area (TPSA) is 66.4 Å². The second kappa shape index (κ2) is 4.23. The van der Waals surface area contributed by atoms with Gasteiger partial charge in [0.15, 0.2) is 0 Å². The summed E-state index contributed by atoms with van der Waals surface area (Å²) in [6, 6.07) is -0.850. The van der Waals surface area contributed by atoms with Crippen LogP contribution in [0.15, 0.2) is 0 Å². The Balaban J connectivity index is 3.85. The zero-order valence-corrected chi connectivity index (χ0v) is 7.26. The van der Waals surface area contributed by atoms with Crippen molar-refractivity contribution in [1.82, 2.24) is 5.32 Å². The van der Waals surface area contributed by atoms with Crippen LogP contribution in [0.4, 0.5) is 0 Å². The Morgan fingerprint density at radius 2 is 1.91 bits per heavy atom. The molecule has 0 fully saturated rings. The molecular weight excluding hydrogens is 166 g/mol. The van der Waals surface area contributed by atoms with Crippen LogP contribution in [0.1, 0.15) is 13.8 Å². The third kappa shape index (κ3) is 3.87. The maximum atomic E-state index is 10.8. The van der Waals surface area contributed by atoms with Crippen molar-refractivity contribution in [3.63, 3.8) is 0 Å². The van der Waals surface area contributed by atoms with Gasteiger partial charge in [0, 0.05) is 0 Å². The summed E-state index contributed by atoms with van der Waals surface area (Å²) in [5.74, 6) is -1.42. The molecule has 0 saturated heterocycles. The highest BCUT2D eigenvalue weighted by Crippen LogP contribution is 1.92. The number of rotatable bonds is 3. The maximum absolute atomic E-state index is 10.8. The summed E-state index contributed by atoms with van der Waals surface area (Å²) < 4.78 is 0. The van der Waals surface area contributed by atoms with E-state index in [-0.39, 0.29) is 5.91 Å². The van der Waals surface area contributed by atoms with E-state index in [0.29, 0.717) is 0 Å². The lowest BCUT2D eigenvalue weighted by Crippen LogP contribution is -2.41. The molecule has 64 valence electrons. The van der Waals surface area contributed by atoms with E-state index in [1.165, 1.54) is 6.92 Å². The van der Waals surface area contributed by atoms with Crippen molar-refractivity contribution in [2.45, 2.75) is 25.1 Å². The summed E-state index contributed by atoms with van der Waals surface area (Å²) in [7, 11) is 0. The Labute approximate surface area is 70.4 Å². The van der Waals surface area contributed by atoms with Crippen molar-refractivity contribution in [2.75, 3.05) is 0 Å². The number of nitrogens with one attached hydrogen (secondary N) is 1. The summed E-state index contributed by atoms with van der Waals surface area (Å²) in [6.07, 6.45) is 0. The van der Waals surface area contributed by atoms with Crippen molar-refractivity contribution in [2.24, 2.45) is 0 Å². The van der Waals surface area contributed by atoms with Crippen LogP contribution in [0.5, 0.6) is 0 Å². The van der Waals surface area contributed by atoms with Crippen LogP contribution in [0.25, 0.3) is 0 Å². The van der Waals surface area contributed by atoms with Crippen molar-refractivity contribution in [1.29, 1.82) is 0 Å². The highest BCUT2D eigenvalue weighted by Gasteiger charge is 2.15. The summed E-state index contributed by atoms with van der Waals surface area (Å²) in [5.41, 5.74) is 0. The fourth-order valence-corrected chi connectivity index (χ4v) is 0.470. The van der Waals surface area contributed by atoms with Crippen molar-refractivity contribution in [3.8, 4) is 0 Å². The quantitative estimate of drug-likeness (QED) is 0.527. The van der Waals surface area contributed by atoms with Crippen LogP contribution in [-0.4, -0.2) is 28.3 Å². The smallest absolute Gasteiger partial charge is 0.325 e. The third-order valence-corrected chi connectivity index (χ3v) is 1.34. The van der Waals surface area contributed by atoms with E-state index >= 15 is 0 Å². The number of hydrogen-bond acceptors (Lipinski definition) is 3. The molecule has 4 nitrogen and oxygen atoms in total. The zero-order chi connectivity index (χ0) is 9.02. The van der Waals surface area contributed by atoms with Gasteiger partial charge in [-0.2, -0.15) is 12.6 Å². The van der Waals surface area contributed by atoms with Gasteiger partial charge in [-0.15, -0.1) is 0 Å². The van der Waals surface area contributed by atoms with Crippen LogP contribution in [0.2, 0.25) is 0 Å². The van der Waals surface area contributed by atoms with Gasteiger partial charge in [0.1, 0.15) is 6.04 Å². The number of carboxylic acids is 1. The number of hydrogen-bond donors (Lipinski definition) is 3. The summed E-state index contributed by atoms with van der Waals surface area (Å²) >= 11 is 3.83. The van der Waals surface area contributed by atoms with E-state index in [1.807, 2.05) is 0 Å². The lowest BCUT2D eigenvalue weighted by Gasteiger charge is -2.10. The molecule has 0 aromatic heterocycles. The Hall–Kier alpha value is -0.710. The highest BCUT2D eigenvalue weighted by atomic mass is 32.1. The minimum Gasteiger partial charge on any atom is -0.480 e. The highest BCUT2D eigenvalue weighted by molar-refractivity contribution is 7.81. The summed E-state index contributed by atoms with van der Waals surface area (Å²) in [4.78, 5) is 21.0. The first-order chi connectivity index (χ1) is 4.95. The zero-order valence-electron chi connectivity index (χ0n) is 6.37. The fraction of sp³-hybridized carbons (Fsp3) is 0.667. The third-order valence-electron chi connectivity index (χ3n) is 1.11. The van der Waals surface area contributed by atoms with E-state index < -0.39 is 17.3 Å². The Morgan fingerprint density at radius 1 is 1.45 bits per heavy atom. The molecule has 0 rings (SSSR count). The molecule has 0 spiro atoms. The second-order valence-electron chi connectivity index (χ2n) is 2.24. The summed E-state index contributed by atoms with van der Waals surface area (Å²) in [6.45, 7) is 2.98. The molecule has 0 aliphatic carbocycles. The molecule has 0 heterocycles. The SMILES string of the molecule is C[C@H](S)C(=O)N[C@@H](C)C(=O)O. The normalized spacial score (nSPS) is 15.2. The van der Waals surface area contributed by atoms with Crippen LogP contribution in [0, 0.1) is 0 Å². The number of carbonyl (C=O) groups excluding carboxylic acids is 1. The van der Waals surface area contributed by atoms with Gasteiger partial charge in [0.05, 0.1) is 5.25 Å². The first-order valence-electron chi connectivity index (χ1n) is 3.16. The van der Waals surface area contributed by atoms with Gasteiger partial charge in [0.2, 0.25) is 5.91 Å². The molecule has 0 aromatic rings. The van der Waals surface area contributed by atoms with Gasteiger partial charge in [-0.1, -0.05) is 0 Å². The molecule has 0 aliphatic heterocycles. The average molecular weight is 177 g/mol. The van der Waals surface area contributed by atoms with E-state index in [9.17, 15) is 9.59 Å². The van der Waals surface area contributed by atoms with Crippen molar-refractivity contribution >= 4 is 24.5 Å². The van der Waals surface area contributed by atoms with Gasteiger partial charge >= 0.3 is 5.97 Å². The molecule has 1 amide bonds. The molecule has 0 aromatic carbocycles. The first kappa shape index (κ1) is 10.3. The molecule has 2 N–H and O–H groups in total. The Kier molecular flexibility index (Phi) is 3.95. The molecule has 0 aliphatic rings. The molecule has 0 unspecified atom stereocenters. The number of carbonyl (C=O) groups is 2. The number of amides is 1. The molecule has 11 heavy (non-hydrogen) atoms. The lowest BCUT2D eigenvalue weighted by atomic mass is 10.3. The first-order valence-corrected chi connectivity index (χ1v) is 3.68. The Bertz CT molecular complexity index is 169. The van der Waals surface area contributed by atoms with Gasteiger partial charge in [-0.05, 0) is 13.8 Å². The van der Waals surface area contributed by atoms with Gasteiger partial charge in [-0.25, -0.2) is 0 Å². The van der Waals surface area contributed by atoms with Crippen molar-refractivity contribution in [3.05, 3.63) is 0 Å². The number of carboxylic acid groups (broad SMARTS) is 1. The molecular formula is C6H11NO3S. The fourth-order valence-electron chi connectivity index (χ4n) is 0.396. The van der Waals surface area contributed by atoms with E-state index in [2.05, 4.69) is 17.9 Å². The molecule has 5 heteroatoms. The van der Waals surface area contributed by atoms with Crippen molar-refractivity contribution < 1.29 is 14.7 Å². The maximum Gasteiger partial charge on any atom is 0.325 e. The number of aliphatic carboxylic acids is 1. The lowest BCUT2D eigenvalue weighted by molar-refractivity contribution is -0.141. The minimum absolute atomic E-state index is 0.372. The molecule has 2 atom stereocenters. The molecule has 0 bridgehead atoms. The summed E-state index contributed by atoms with van der Waals surface area (Å²) in [5, 5.41) is 10.2. The van der Waals surface area contributed by atoms with Crippen LogP contribution in [-0.2, 0) is 9.59 Å². The van der Waals surface area contributed by atoms with Crippen LogP contribution in [0.3, 0.4) is 0 Å². The van der Waals surface area contributed by atoms with Gasteiger partial charge in [-0.3, -0.25) is 9.59 Å². The molecule has 0 radical (unpaired) electrons. The predicted octanol–water partition coefficient (Wildman–Crippen LogP) is -0.106. The van der Waals surface area contributed by atoms with E-state index in [1.54, 1.807) is 6.92 Å². The minimum atomic E-state index is -1.05. The van der Waals surface area contributed by atoms with Crippen LogP contribution < -0.4 is 5.32 Å². The predicted molar refractivity (Wildman–Crippen MR) is 43.7 cm³/mol. The largest absolute Gasteiger partial charge is 0.480 e. The molecule has 0 saturated carbocycles. The van der Waals surface area contributed by atoms with Gasteiger partial charge < -0.3 is 10.4 Å². The average Bonchev–Trinajstić information content (AvgIpc) is 1.87. The monoisotopic (exact) mass is 177 g/mol. The van der Waals surface area contributed by atoms with E-state index in [0.717, 1.165) is 0 Å². The van der Waals surface area contributed by atoms with E-state index in [4.69, 9.17) is 5.11 Å². The number of thiol groups is 1. The van der Waals surface area contributed by atoms with Gasteiger partial charge in [0.25, 0.3) is 0 Å². The van der Waals surface area contributed by atoms with Crippen LogP contribution >= 0.6 is 12.6 Å². The second-order valence-corrected chi connectivity index (χ2v) is 3.02. The standard InChI is InChI=1S/C6H11NO3S/c1-3(6(9)10)7-5(8)4(2)11/h3-4,11H,1-2H3,(H,7,8)(H,9,10)/t3-,4-/m0/s1.